The fraction of sp³-hybridized carbons (Fsp3) is 0.545. The molecule has 2 rings (SSSR count). The molecule has 1 saturated heterocycles. The number of rotatable bonds is 1. The highest BCUT2D eigenvalue weighted by Gasteiger charge is 2.31. The molecule has 1 aromatic rings. The molecular formula is C11H15N5. The van der Waals surface area contributed by atoms with Crippen molar-refractivity contribution in [1.29, 1.82) is 5.26 Å². The molecule has 0 amide bonds. The zero-order chi connectivity index (χ0) is 11.6. The van der Waals surface area contributed by atoms with Gasteiger partial charge in [0.05, 0.1) is 0 Å². The normalized spacial score (nSPS) is 19.2. The van der Waals surface area contributed by atoms with Crippen LogP contribution in [-0.2, 0) is 0 Å². The summed E-state index contributed by atoms with van der Waals surface area (Å²) in [6, 6.07) is 3.66. The lowest BCUT2D eigenvalue weighted by atomic mass is 10.0. The predicted octanol–water partition coefficient (Wildman–Crippen LogP) is 0.536. The van der Waals surface area contributed by atoms with Crippen LogP contribution < -0.4 is 10.2 Å². The maximum absolute atomic E-state index is 8.82. The average Bonchev–Trinajstić information content (AvgIpc) is 2.28. The molecule has 0 radical (unpaired) electrons. The molecule has 16 heavy (non-hydrogen) atoms. The maximum Gasteiger partial charge on any atom is 0.227 e. The summed E-state index contributed by atoms with van der Waals surface area (Å²) in [6.45, 7) is 6.96. The Bertz CT molecular complexity index is 421. The van der Waals surface area contributed by atoms with Gasteiger partial charge in [0.2, 0.25) is 5.95 Å². The second-order valence-electron chi connectivity index (χ2n) is 4.49. The highest BCUT2D eigenvalue weighted by molar-refractivity contribution is 5.38. The number of nitrogens with one attached hydrogen (secondary N) is 1. The highest BCUT2D eigenvalue weighted by Crippen LogP contribution is 2.21. The van der Waals surface area contributed by atoms with E-state index in [2.05, 4.69) is 34.0 Å². The van der Waals surface area contributed by atoms with E-state index in [0.29, 0.717) is 11.6 Å². The minimum atomic E-state index is -0.0215. The lowest BCUT2D eigenvalue weighted by Gasteiger charge is -2.42. The third-order valence-corrected chi connectivity index (χ3v) is 2.80. The summed E-state index contributed by atoms with van der Waals surface area (Å²) in [4.78, 5) is 10.6. The van der Waals surface area contributed by atoms with Crippen LogP contribution in [-0.4, -0.2) is 35.1 Å². The molecule has 0 atom stereocenters. The van der Waals surface area contributed by atoms with Crippen LogP contribution in [0.2, 0.25) is 0 Å². The molecule has 0 bridgehead atoms. The van der Waals surface area contributed by atoms with E-state index in [1.807, 2.05) is 6.07 Å². The van der Waals surface area contributed by atoms with Gasteiger partial charge in [-0.25, -0.2) is 9.97 Å². The van der Waals surface area contributed by atoms with E-state index >= 15 is 0 Å². The fourth-order valence-corrected chi connectivity index (χ4v) is 1.89. The number of hydrogen-bond donors (Lipinski definition) is 1. The smallest absolute Gasteiger partial charge is 0.227 e. The number of hydrogen-bond acceptors (Lipinski definition) is 5. The summed E-state index contributed by atoms with van der Waals surface area (Å²) in [5.74, 6) is 0.644. The van der Waals surface area contributed by atoms with Gasteiger partial charge in [0.1, 0.15) is 11.8 Å². The highest BCUT2D eigenvalue weighted by atomic mass is 15.3. The van der Waals surface area contributed by atoms with Gasteiger partial charge >= 0.3 is 0 Å². The van der Waals surface area contributed by atoms with E-state index < -0.39 is 0 Å². The van der Waals surface area contributed by atoms with E-state index in [1.165, 1.54) is 0 Å². The van der Waals surface area contributed by atoms with E-state index in [-0.39, 0.29) is 5.54 Å². The molecule has 1 aromatic heterocycles. The van der Waals surface area contributed by atoms with Gasteiger partial charge < -0.3 is 10.2 Å². The Balaban J connectivity index is 2.32. The van der Waals surface area contributed by atoms with Crippen LogP contribution >= 0.6 is 0 Å². The molecule has 0 unspecified atom stereocenters. The lowest BCUT2D eigenvalue weighted by Crippen LogP contribution is -2.58. The summed E-state index contributed by atoms with van der Waals surface area (Å²) in [7, 11) is 0. The first-order valence-electron chi connectivity index (χ1n) is 5.35. The first kappa shape index (κ1) is 10.8. The average molecular weight is 217 g/mol. The topological polar surface area (TPSA) is 64.8 Å². The SMILES string of the molecule is CC1(C)CNCCN1c1nccc(C#N)n1. The van der Waals surface area contributed by atoms with Crippen molar-refractivity contribution < 1.29 is 0 Å². The van der Waals surface area contributed by atoms with Crippen LogP contribution in [0.4, 0.5) is 5.95 Å². The van der Waals surface area contributed by atoms with Crippen molar-refractivity contribution in [3.8, 4) is 6.07 Å². The van der Waals surface area contributed by atoms with Gasteiger partial charge in [-0.3, -0.25) is 0 Å². The molecule has 1 fully saturated rings. The number of nitrogens with zero attached hydrogens (tertiary/aromatic N) is 4. The zero-order valence-corrected chi connectivity index (χ0v) is 9.56. The predicted molar refractivity (Wildman–Crippen MR) is 61.0 cm³/mol. The van der Waals surface area contributed by atoms with Gasteiger partial charge in [0.25, 0.3) is 0 Å². The number of aromatic nitrogens is 2. The Labute approximate surface area is 95.1 Å². The minimum Gasteiger partial charge on any atom is -0.333 e. The van der Waals surface area contributed by atoms with Crippen molar-refractivity contribution in [3.05, 3.63) is 18.0 Å². The lowest BCUT2D eigenvalue weighted by molar-refractivity contribution is 0.374. The molecule has 0 spiro atoms. The number of nitriles is 1. The molecule has 5 heteroatoms. The van der Waals surface area contributed by atoms with Crippen LogP contribution in [0.15, 0.2) is 12.3 Å². The number of anilines is 1. The van der Waals surface area contributed by atoms with Crippen LogP contribution in [0.1, 0.15) is 19.5 Å². The third-order valence-electron chi connectivity index (χ3n) is 2.80. The van der Waals surface area contributed by atoms with Crippen LogP contribution in [0.5, 0.6) is 0 Å². The van der Waals surface area contributed by atoms with Gasteiger partial charge in [0, 0.05) is 31.4 Å². The van der Waals surface area contributed by atoms with E-state index in [0.717, 1.165) is 19.6 Å². The van der Waals surface area contributed by atoms with Crippen molar-refractivity contribution in [3.63, 3.8) is 0 Å². The third kappa shape index (κ3) is 1.97. The quantitative estimate of drug-likeness (QED) is 0.743. The van der Waals surface area contributed by atoms with E-state index in [1.54, 1.807) is 12.3 Å². The van der Waals surface area contributed by atoms with Crippen molar-refractivity contribution >= 4 is 5.95 Å². The number of piperazine rings is 1. The Hall–Kier alpha value is -1.67. The van der Waals surface area contributed by atoms with Crippen LogP contribution in [0.25, 0.3) is 0 Å². The molecule has 0 aromatic carbocycles. The molecule has 0 aliphatic carbocycles. The molecule has 1 N–H and O–H groups in total. The fourth-order valence-electron chi connectivity index (χ4n) is 1.89. The summed E-state index contributed by atoms with van der Waals surface area (Å²) < 4.78 is 0. The molecule has 1 aliphatic heterocycles. The summed E-state index contributed by atoms with van der Waals surface area (Å²) in [5, 5.41) is 12.2. The minimum absolute atomic E-state index is 0.0215. The summed E-state index contributed by atoms with van der Waals surface area (Å²) in [5.41, 5.74) is 0.395. The van der Waals surface area contributed by atoms with E-state index in [9.17, 15) is 0 Å². The largest absolute Gasteiger partial charge is 0.333 e. The standard InChI is InChI=1S/C11H15N5/c1-11(2)8-13-5-6-16(11)10-14-4-3-9(7-12)15-10/h3-4,13H,5-6,8H2,1-2H3. The Kier molecular flexibility index (Phi) is 2.75. The van der Waals surface area contributed by atoms with Crippen molar-refractivity contribution in [2.45, 2.75) is 19.4 Å². The van der Waals surface area contributed by atoms with Gasteiger partial charge in [-0.05, 0) is 19.9 Å². The monoisotopic (exact) mass is 217 g/mol. The molecule has 2 heterocycles. The Morgan fingerprint density at radius 2 is 2.38 bits per heavy atom. The van der Waals surface area contributed by atoms with E-state index in [4.69, 9.17) is 5.26 Å². The summed E-state index contributed by atoms with van der Waals surface area (Å²) in [6.07, 6.45) is 1.64. The molecule has 1 aliphatic rings. The molecule has 84 valence electrons. The summed E-state index contributed by atoms with van der Waals surface area (Å²) >= 11 is 0. The Morgan fingerprint density at radius 1 is 1.56 bits per heavy atom. The second-order valence-corrected chi connectivity index (χ2v) is 4.49. The van der Waals surface area contributed by atoms with Gasteiger partial charge in [-0.2, -0.15) is 5.26 Å². The Morgan fingerprint density at radius 3 is 3.06 bits per heavy atom. The molecule has 0 saturated carbocycles. The van der Waals surface area contributed by atoms with Crippen LogP contribution in [0, 0.1) is 11.3 Å². The zero-order valence-electron chi connectivity index (χ0n) is 9.56. The van der Waals surface area contributed by atoms with Gasteiger partial charge in [-0.15, -0.1) is 0 Å². The van der Waals surface area contributed by atoms with Gasteiger partial charge in [0.15, 0.2) is 0 Å². The first-order chi connectivity index (χ1) is 7.63. The molecular weight excluding hydrogens is 202 g/mol. The van der Waals surface area contributed by atoms with Crippen LogP contribution in [0.3, 0.4) is 0 Å². The van der Waals surface area contributed by atoms with Crippen molar-refractivity contribution in [1.82, 2.24) is 15.3 Å². The molecule has 5 nitrogen and oxygen atoms in total. The maximum atomic E-state index is 8.82. The first-order valence-corrected chi connectivity index (χ1v) is 5.35. The van der Waals surface area contributed by atoms with Crippen molar-refractivity contribution in [2.75, 3.05) is 24.5 Å². The van der Waals surface area contributed by atoms with Crippen molar-refractivity contribution in [2.24, 2.45) is 0 Å². The second kappa shape index (κ2) is 4.06. The van der Waals surface area contributed by atoms with Gasteiger partial charge in [-0.1, -0.05) is 0 Å².